The van der Waals surface area contributed by atoms with Gasteiger partial charge in [-0.3, -0.25) is 9.36 Å². The molecule has 1 N–H and O–H groups in total. The Balaban J connectivity index is 1.70. The summed E-state index contributed by atoms with van der Waals surface area (Å²) in [7, 11) is -4.09. The summed E-state index contributed by atoms with van der Waals surface area (Å²) in [6.45, 7) is 1.10. The Morgan fingerprint density at radius 2 is 1.94 bits per heavy atom. The summed E-state index contributed by atoms with van der Waals surface area (Å²) in [5, 5.41) is 9.91. The standard InChI is InChI=1S/C25H26F2NO6PS/c1-2-3-11-33-24(31)20-14-25(26,27)16-28(20)35(32,34-19-7-5-4-6-8-19)15-17-9-10-21-18(12-17)13-22(36-21)23(29)30/h4-10,12-13,20H,2-3,11,14-16H2,1H3,(H,29,30)/t20-,35?/m0/s1. The summed E-state index contributed by atoms with van der Waals surface area (Å²) in [5.41, 5.74) is 0.504. The van der Waals surface area contributed by atoms with Crippen molar-refractivity contribution in [1.29, 1.82) is 0 Å². The van der Waals surface area contributed by atoms with Gasteiger partial charge in [0.25, 0.3) is 5.92 Å². The lowest BCUT2D eigenvalue weighted by Gasteiger charge is -2.31. The zero-order valence-electron chi connectivity index (χ0n) is 19.6. The van der Waals surface area contributed by atoms with Crippen LogP contribution in [-0.2, 0) is 20.3 Å². The van der Waals surface area contributed by atoms with E-state index >= 15 is 0 Å². The maximum Gasteiger partial charge on any atom is 0.345 e. The first-order valence-electron chi connectivity index (χ1n) is 11.5. The topological polar surface area (TPSA) is 93.1 Å². The average Bonchev–Trinajstić information content (AvgIpc) is 3.40. The van der Waals surface area contributed by atoms with Gasteiger partial charge in [0.1, 0.15) is 16.7 Å². The molecule has 0 radical (unpaired) electrons. The van der Waals surface area contributed by atoms with Crippen molar-refractivity contribution in [1.82, 2.24) is 4.67 Å². The molecule has 0 aliphatic carbocycles. The van der Waals surface area contributed by atoms with E-state index in [0.29, 0.717) is 17.4 Å². The minimum Gasteiger partial charge on any atom is -0.477 e. The highest BCUT2D eigenvalue weighted by molar-refractivity contribution is 7.56. The van der Waals surface area contributed by atoms with Gasteiger partial charge in [0.15, 0.2) is 0 Å². The first-order valence-corrected chi connectivity index (χ1v) is 14.1. The molecule has 1 aliphatic rings. The molecule has 0 saturated carbocycles. The van der Waals surface area contributed by atoms with Gasteiger partial charge in [-0.25, -0.2) is 18.2 Å². The first-order chi connectivity index (χ1) is 17.1. The van der Waals surface area contributed by atoms with Crippen molar-refractivity contribution in [2.75, 3.05) is 13.2 Å². The number of hydrogen-bond donors (Lipinski definition) is 1. The number of rotatable bonds is 10. The number of benzene rings is 2. The highest BCUT2D eigenvalue weighted by Gasteiger charge is 2.56. The number of carboxylic acid groups (broad SMARTS) is 1. The van der Waals surface area contributed by atoms with Crippen molar-refractivity contribution in [3.05, 3.63) is 65.0 Å². The van der Waals surface area contributed by atoms with Gasteiger partial charge < -0.3 is 14.4 Å². The maximum atomic E-state index is 14.6. The summed E-state index contributed by atoms with van der Waals surface area (Å²) < 4.78 is 56.4. The molecule has 36 heavy (non-hydrogen) atoms. The van der Waals surface area contributed by atoms with Crippen molar-refractivity contribution in [3.8, 4) is 5.75 Å². The molecule has 1 aromatic heterocycles. The van der Waals surface area contributed by atoms with Crippen molar-refractivity contribution in [3.63, 3.8) is 0 Å². The number of esters is 1. The van der Waals surface area contributed by atoms with Crippen LogP contribution in [0.15, 0.2) is 54.6 Å². The number of fused-ring (bicyclic) bond motifs is 1. The van der Waals surface area contributed by atoms with Gasteiger partial charge in [0.2, 0.25) is 0 Å². The van der Waals surface area contributed by atoms with Gasteiger partial charge in [-0.05, 0) is 47.7 Å². The van der Waals surface area contributed by atoms with Gasteiger partial charge in [-0.1, -0.05) is 37.6 Å². The van der Waals surface area contributed by atoms with E-state index in [1.54, 1.807) is 48.5 Å². The van der Waals surface area contributed by atoms with E-state index in [2.05, 4.69) is 0 Å². The summed E-state index contributed by atoms with van der Waals surface area (Å²) in [6, 6.07) is 13.3. The third-order valence-corrected chi connectivity index (χ3v) is 9.38. The summed E-state index contributed by atoms with van der Waals surface area (Å²) in [6.07, 6.45) is 0.282. The van der Waals surface area contributed by atoms with E-state index in [1.165, 1.54) is 6.07 Å². The SMILES string of the molecule is CCCCOC(=O)[C@@H]1CC(F)(F)CN1P(=O)(Cc1ccc2sc(C(=O)O)cc2c1)Oc1ccccc1. The zero-order chi connectivity index (χ0) is 25.9. The van der Waals surface area contributed by atoms with Gasteiger partial charge >= 0.3 is 19.5 Å². The Labute approximate surface area is 211 Å². The lowest BCUT2D eigenvalue weighted by Crippen LogP contribution is -2.37. The van der Waals surface area contributed by atoms with Gasteiger partial charge in [-0.2, -0.15) is 0 Å². The van der Waals surface area contributed by atoms with E-state index in [0.717, 1.165) is 27.1 Å². The molecule has 4 rings (SSSR count). The van der Waals surface area contributed by atoms with Crippen LogP contribution in [-0.4, -0.2) is 46.8 Å². The molecule has 11 heteroatoms. The number of thiophene rings is 1. The van der Waals surface area contributed by atoms with Crippen LogP contribution in [0.5, 0.6) is 5.75 Å². The molecule has 1 unspecified atom stereocenters. The number of hydrogen-bond acceptors (Lipinski definition) is 6. The second-order valence-electron chi connectivity index (χ2n) is 8.68. The van der Waals surface area contributed by atoms with E-state index < -0.39 is 44.4 Å². The molecule has 192 valence electrons. The number of nitrogens with zero attached hydrogens (tertiary/aromatic N) is 1. The predicted octanol–water partition coefficient (Wildman–Crippen LogP) is 6.42. The fraction of sp³-hybridized carbons (Fsp3) is 0.360. The second-order valence-corrected chi connectivity index (χ2v) is 12.1. The number of alkyl halides is 2. The highest BCUT2D eigenvalue weighted by atomic mass is 32.1. The zero-order valence-corrected chi connectivity index (χ0v) is 21.3. The number of halogens is 2. The van der Waals surface area contributed by atoms with Crippen molar-refractivity contribution in [2.45, 2.75) is 44.3 Å². The van der Waals surface area contributed by atoms with Crippen LogP contribution in [0.2, 0.25) is 0 Å². The monoisotopic (exact) mass is 537 g/mol. The quantitative estimate of drug-likeness (QED) is 0.181. The molecule has 3 aromatic rings. The molecule has 2 aromatic carbocycles. The Morgan fingerprint density at radius 3 is 2.64 bits per heavy atom. The van der Waals surface area contributed by atoms with Crippen molar-refractivity contribution in [2.24, 2.45) is 0 Å². The lowest BCUT2D eigenvalue weighted by atomic mass is 10.2. The van der Waals surface area contributed by atoms with Crippen molar-refractivity contribution >= 4 is 40.9 Å². The second kappa shape index (κ2) is 10.7. The molecular weight excluding hydrogens is 511 g/mol. The number of aromatic carboxylic acids is 1. The van der Waals surface area contributed by atoms with Crippen LogP contribution >= 0.6 is 18.9 Å². The fourth-order valence-corrected chi connectivity index (χ4v) is 7.45. The highest BCUT2D eigenvalue weighted by Crippen LogP contribution is 2.59. The number of carbonyl (C=O) groups is 2. The van der Waals surface area contributed by atoms with Crippen LogP contribution in [0.3, 0.4) is 0 Å². The predicted molar refractivity (Wildman–Crippen MR) is 133 cm³/mol. The molecule has 0 spiro atoms. The van der Waals surface area contributed by atoms with Crippen LogP contribution in [0.4, 0.5) is 8.78 Å². The minimum absolute atomic E-state index is 0.0931. The van der Waals surface area contributed by atoms with Crippen LogP contribution in [0.1, 0.15) is 41.4 Å². The van der Waals surface area contributed by atoms with Crippen LogP contribution < -0.4 is 4.52 Å². The lowest BCUT2D eigenvalue weighted by molar-refractivity contribution is -0.148. The Hall–Kier alpha value is -2.81. The number of para-hydroxylation sites is 1. The largest absolute Gasteiger partial charge is 0.477 e. The number of carboxylic acids is 1. The Morgan fingerprint density at radius 1 is 1.19 bits per heavy atom. The van der Waals surface area contributed by atoms with E-state index in [4.69, 9.17) is 9.26 Å². The summed E-state index contributed by atoms with van der Waals surface area (Å²) >= 11 is 1.10. The molecule has 7 nitrogen and oxygen atoms in total. The van der Waals surface area contributed by atoms with Gasteiger partial charge in [0, 0.05) is 11.1 Å². The fourth-order valence-electron chi connectivity index (χ4n) is 4.09. The van der Waals surface area contributed by atoms with E-state index in [1.807, 2.05) is 6.92 Å². The van der Waals surface area contributed by atoms with Crippen LogP contribution in [0, 0.1) is 0 Å². The molecule has 1 saturated heterocycles. The number of ether oxygens (including phenoxy) is 1. The Kier molecular flexibility index (Phi) is 7.78. The molecule has 0 amide bonds. The van der Waals surface area contributed by atoms with Crippen LogP contribution in [0.25, 0.3) is 10.1 Å². The minimum atomic E-state index is -4.09. The molecule has 2 atom stereocenters. The maximum absolute atomic E-state index is 14.6. The number of carbonyl (C=O) groups excluding carboxylic acids is 1. The normalized spacial score (nSPS) is 19.1. The van der Waals surface area contributed by atoms with Gasteiger partial charge in [0.05, 0.1) is 19.3 Å². The smallest absolute Gasteiger partial charge is 0.345 e. The summed E-state index contributed by atoms with van der Waals surface area (Å²) in [5.74, 6) is -4.94. The number of unbranched alkanes of at least 4 members (excludes halogenated alkanes) is 1. The molecule has 2 heterocycles. The van der Waals surface area contributed by atoms with E-state index in [-0.39, 0.29) is 23.4 Å². The van der Waals surface area contributed by atoms with Crippen molar-refractivity contribution < 1.29 is 37.3 Å². The molecule has 0 bridgehead atoms. The average molecular weight is 538 g/mol. The third kappa shape index (κ3) is 5.94. The van der Waals surface area contributed by atoms with E-state index in [9.17, 15) is 28.0 Å². The molecular formula is C25H26F2NO6PS. The Bertz CT molecular complexity index is 1300. The third-order valence-electron chi connectivity index (χ3n) is 5.82. The summed E-state index contributed by atoms with van der Waals surface area (Å²) in [4.78, 5) is 24.3. The molecule has 1 fully saturated rings. The van der Waals surface area contributed by atoms with Gasteiger partial charge in [-0.15, -0.1) is 11.3 Å². The first kappa shape index (κ1) is 26.3. The molecule has 1 aliphatic heterocycles.